The molecule has 0 saturated heterocycles. The Morgan fingerprint density at radius 3 is 2.80 bits per heavy atom. The minimum absolute atomic E-state index is 0.0351. The highest BCUT2D eigenvalue weighted by atomic mass is 35.5. The lowest BCUT2D eigenvalue weighted by atomic mass is 10.1. The first kappa shape index (κ1) is 22.4. The molecule has 4 heterocycles. The molecule has 1 unspecified atom stereocenters. The maximum absolute atomic E-state index is 13.5. The van der Waals surface area contributed by atoms with E-state index >= 15 is 0 Å². The Morgan fingerprint density at radius 1 is 1.14 bits per heavy atom. The maximum Gasteiger partial charge on any atom is 0.337 e. The van der Waals surface area contributed by atoms with E-state index in [0.29, 0.717) is 29.2 Å². The van der Waals surface area contributed by atoms with Crippen LogP contribution in [0.25, 0.3) is 11.1 Å². The molecule has 11 heteroatoms. The van der Waals surface area contributed by atoms with Gasteiger partial charge in [0.05, 0.1) is 28.7 Å². The van der Waals surface area contributed by atoms with E-state index in [-0.39, 0.29) is 22.5 Å². The first-order valence-electron chi connectivity index (χ1n) is 10.5. The van der Waals surface area contributed by atoms with Crippen molar-refractivity contribution in [2.75, 3.05) is 16.9 Å². The number of aromatic carboxylic acids is 1. The van der Waals surface area contributed by atoms with Gasteiger partial charge < -0.3 is 10.4 Å². The lowest BCUT2D eigenvalue weighted by molar-refractivity contribution is 0.0696. The Morgan fingerprint density at radius 2 is 2.03 bits per heavy atom. The number of hydrogen-bond donors (Lipinski definition) is 2. The molecule has 1 aliphatic rings. The molecule has 0 spiro atoms. The largest absolute Gasteiger partial charge is 0.478 e. The maximum atomic E-state index is 13.5. The predicted molar refractivity (Wildman–Crippen MR) is 130 cm³/mol. The number of rotatable bonds is 6. The van der Waals surface area contributed by atoms with Gasteiger partial charge in [-0.05, 0) is 36.4 Å². The summed E-state index contributed by atoms with van der Waals surface area (Å²) in [6, 6.07) is 11.4. The van der Waals surface area contributed by atoms with Crippen molar-refractivity contribution in [2.24, 2.45) is 5.10 Å². The molecule has 0 amide bonds. The number of anilines is 3. The van der Waals surface area contributed by atoms with Crippen molar-refractivity contribution in [1.82, 2.24) is 19.9 Å². The molecule has 4 aromatic rings. The van der Waals surface area contributed by atoms with Gasteiger partial charge in [-0.25, -0.2) is 19.2 Å². The lowest BCUT2D eigenvalue weighted by Crippen LogP contribution is -2.20. The number of nitrogens with zero attached hydrogens (tertiary/aromatic N) is 6. The second-order valence-electron chi connectivity index (χ2n) is 7.66. The fourth-order valence-corrected chi connectivity index (χ4v) is 3.77. The molecule has 5 rings (SSSR count). The van der Waals surface area contributed by atoms with E-state index < -0.39 is 11.8 Å². The molecule has 35 heavy (non-hydrogen) atoms. The number of carbonyl (C=O) groups is 1. The average molecular weight is 490 g/mol. The molecule has 1 aromatic carbocycles. The molecule has 3 aromatic heterocycles. The Bertz CT molecular complexity index is 1430. The van der Waals surface area contributed by atoms with Gasteiger partial charge in [-0.3, -0.25) is 9.97 Å². The number of aromatic nitrogens is 4. The van der Waals surface area contributed by atoms with E-state index in [4.69, 9.17) is 11.6 Å². The van der Waals surface area contributed by atoms with Gasteiger partial charge in [-0.1, -0.05) is 17.7 Å². The van der Waals surface area contributed by atoms with Gasteiger partial charge in [0, 0.05) is 47.8 Å². The summed E-state index contributed by atoms with van der Waals surface area (Å²) in [5.74, 6) is -1.02. The van der Waals surface area contributed by atoms with Crippen molar-refractivity contribution in [3.05, 3.63) is 89.3 Å². The predicted octanol–water partition coefficient (Wildman–Crippen LogP) is 4.76. The van der Waals surface area contributed by atoms with Crippen molar-refractivity contribution in [2.45, 2.75) is 5.92 Å². The van der Waals surface area contributed by atoms with Gasteiger partial charge >= 0.3 is 5.97 Å². The SMILES string of the molecule is O=C(O)c1cncc(-c2cnc(Nc3ccc(F)c(Cl)c3)nc2N2CC(c3ccccn3)C=N2)c1. The summed E-state index contributed by atoms with van der Waals surface area (Å²) in [7, 11) is 0. The number of benzene rings is 1. The molecule has 0 radical (unpaired) electrons. The van der Waals surface area contributed by atoms with Gasteiger partial charge in [-0.15, -0.1) is 0 Å². The summed E-state index contributed by atoms with van der Waals surface area (Å²) in [5.41, 5.74) is 2.46. The van der Waals surface area contributed by atoms with Gasteiger partial charge in [-0.2, -0.15) is 10.1 Å². The highest BCUT2D eigenvalue weighted by molar-refractivity contribution is 6.31. The second-order valence-corrected chi connectivity index (χ2v) is 8.07. The van der Waals surface area contributed by atoms with E-state index in [1.807, 2.05) is 18.2 Å². The van der Waals surface area contributed by atoms with E-state index in [9.17, 15) is 14.3 Å². The van der Waals surface area contributed by atoms with Crippen molar-refractivity contribution in [1.29, 1.82) is 0 Å². The van der Waals surface area contributed by atoms with Crippen LogP contribution in [0.3, 0.4) is 0 Å². The van der Waals surface area contributed by atoms with E-state index in [1.54, 1.807) is 23.6 Å². The Balaban J connectivity index is 1.53. The van der Waals surface area contributed by atoms with Crippen LogP contribution in [0.5, 0.6) is 0 Å². The molecule has 2 N–H and O–H groups in total. The van der Waals surface area contributed by atoms with Crippen LogP contribution < -0.4 is 10.3 Å². The fraction of sp³-hybridized carbons (Fsp3) is 0.0833. The zero-order valence-corrected chi connectivity index (χ0v) is 18.8. The third-order valence-electron chi connectivity index (χ3n) is 5.31. The van der Waals surface area contributed by atoms with Crippen LogP contribution >= 0.6 is 11.6 Å². The number of carboxylic acid groups (broad SMARTS) is 1. The smallest absolute Gasteiger partial charge is 0.337 e. The molecule has 0 fully saturated rings. The number of hydrazone groups is 1. The Labute approximate surface area is 204 Å². The summed E-state index contributed by atoms with van der Waals surface area (Å²) in [4.78, 5) is 28.9. The number of carboxylic acids is 1. The molecule has 174 valence electrons. The zero-order chi connectivity index (χ0) is 24.4. The van der Waals surface area contributed by atoms with Gasteiger partial charge in [0.2, 0.25) is 5.95 Å². The molecular formula is C24H17ClFN7O2. The van der Waals surface area contributed by atoms with E-state index in [0.717, 1.165) is 5.69 Å². The third kappa shape index (κ3) is 4.78. The minimum atomic E-state index is -1.09. The van der Waals surface area contributed by atoms with Crippen LogP contribution in [0.4, 0.5) is 21.8 Å². The molecule has 0 bridgehead atoms. The Hall–Kier alpha value is -4.44. The zero-order valence-electron chi connectivity index (χ0n) is 18.0. The number of nitrogens with one attached hydrogen (secondary N) is 1. The summed E-state index contributed by atoms with van der Waals surface area (Å²) >= 11 is 5.89. The summed E-state index contributed by atoms with van der Waals surface area (Å²) in [6.07, 6.45) is 7.87. The van der Waals surface area contributed by atoms with E-state index in [2.05, 4.69) is 30.4 Å². The highest BCUT2D eigenvalue weighted by Crippen LogP contribution is 2.33. The normalized spacial score (nSPS) is 14.8. The summed E-state index contributed by atoms with van der Waals surface area (Å²) in [6.45, 7) is 0.467. The van der Waals surface area contributed by atoms with Crippen molar-refractivity contribution < 1.29 is 14.3 Å². The van der Waals surface area contributed by atoms with E-state index in [1.165, 1.54) is 36.7 Å². The van der Waals surface area contributed by atoms with Crippen LogP contribution in [-0.4, -0.2) is 43.8 Å². The Kier molecular flexibility index (Phi) is 6.02. The highest BCUT2D eigenvalue weighted by Gasteiger charge is 2.26. The van der Waals surface area contributed by atoms with Gasteiger partial charge in [0.25, 0.3) is 0 Å². The van der Waals surface area contributed by atoms with Crippen LogP contribution in [-0.2, 0) is 0 Å². The quantitative estimate of drug-likeness (QED) is 0.398. The molecule has 0 saturated carbocycles. The molecule has 9 nitrogen and oxygen atoms in total. The summed E-state index contributed by atoms with van der Waals surface area (Å²) in [5, 5.41) is 18.6. The summed E-state index contributed by atoms with van der Waals surface area (Å²) < 4.78 is 13.5. The van der Waals surface area contributed by atoms with Gasteiger partial charge in [0.1, 0.15) is 5.82 Å². The monoisotopic (exact) mass is 489 g/mol. The number of pyridine rings is 2. The third-order valence-corrected chi connectivity index (χ3v) is 5.60. The van der Waals surface area contributed by atoms with Crippen molar-refractivity contribution >= 4 is 41.2 Å². The fourth-order valence-electron chi connectivity index (χ4n) is 3.59. The van der Waals surface area contributed by atoms with Crippen molar-refractivity contribution in [3.63, 3.8) is 0 Å². The number of halogens is 2. The molecular weight excluding hydrogens is 473 g/mol. The minimum Gasteiger partial charge on any atom is -0.478 e. The van der Waals surface area contributed by atoms with Gasteiger partial charge in [0.15, 0.2) is 5.82 Å². The average Bonchev–Trinajstić information content (AvgIpc) is 3.37. The first-order chi connectivity index (χ1) is 17.0. The van der Waals surface area contributed by atoms with Crippen LogP contribution in [0.1, 0.15) is 22.0 Å². The second kappa shape index (κ2) is 9.43. The number of hydrogen-bond acceptors (Lipinski definition) is 8. The lowest BCUT2D eigenvalue weighted by Gasteiger charge is -2.19. The van der Waals surface area contributed by atoms with Crippen LogP contribution in [0.15, 0.2) is 72.4 Å². The van der Waals surface area contributed by atoms with Crippen LogP contribution in [0.2, 0.25) is 5.02 Å². The van der Waals surface area contributed by atoms with Crippen LogP contribution in [0, 0.1) is 5.82 Å². The molecule has 1 atom stereocenters. The standard InChI is InChI=1S/C24H17ClFN7O2/c25-19-8-17(4-5-20(19)26)31-24-29-12-18(14-7-15(23(34)35)10-27-9-14)22(32-24)33-13-16(11-30-33)21-3-1-2-6-28-21/h1-12,16H,13H2,(H,34,35)(H,29,31,32). The molecule has 0 aliphatic carbocycles. The van der Waals surface area contributed by atoms with Crippen molar-refractivity contribution in [3.8, 4) is 11.1 Å². The molecule has 1 aliphatic heterocycles. The first-order valence-corrected chi connectivity index (χ1v) is 10.9. The topological polar surface area (TPSA) is 116 Å².